The maximum Gasteiger partial charge on any atom is 0.317 e. The molecule has 5 nitrogen and oxygen atoms in total. The van der Waals surface area contributed by atoms with Crippen LogP contribution in [0.1, 0.15) is 25.8 Å². The second kappa shape index (κ2) is 7.24. The van der Waals surface area contributed by atoms with E-state index in [1.54, 1.807) is 0 Å². The Balaban J connectivity index is 1.84. The maximum absolute atomic E-state index is 12.0. The minimum atomic E-state index is 0.0609. The second-order valence-corrected chi connectivity index (χ2v) is 5.58. The smallest absolute Gasteiger partial charge is 0.317 e. The van der Waals surface area contributed by atoms with Gasteiger partial charge in [-0.2, -0.15) is 0 Å². The van der Waals surface area contributed by atoms with Crippen LogP contribution in [-0.4, -0.2) is 53.0 Å². The molecule has 5 heteroatoms. The van der Waals surface area contributed by atoms with E-state index in [0.29, 0.717) is 0 Å². The molecule has 0 radical (unpaired) electrons. The molecule has 1 aromatic rings. The SMILES string of the molecule is CC(C)NC(=O)N1CCCN(Cc2ccncc2)CC1. The number of amides is 2. The van der Waals surface area contributed by atoms with E-state index in [1.807, 2.05) is 43.3 Å². The first-order valence-corrected chi connectivity index (χ1v) is 7.32. The van der Waals surface area contributed by atoms with Crippen LogP contribution < -0.4 is 5.32 Å². The van der Waals surface area contributed by atoms with Crippen molar-refractivity contribution in [2.75, 3.05) is 26.2 Å². The van der Waals surface area contributed by atoms with E-state index < -0.39 is 0 Å². The first kappa shape index (κ1) is 14.8. The van der Waals surface area contributed by atoms with Crippen LogP contribution in [0.3, 0.4) is 0 Å². The number of urea groups is 1. The lowest BCUT2D eigenvalue weighted by Crippen LogP contribution is -2.44. The Hall–Kier alpha value is -1.62. The zero-order valence-electron chi connectivity index (χ0n) is 12.4. The topological polar surface area (TPSA) is 48.5 Å². The lowest BCUT2D eigenvalue weighted by molar-refractivity contribution is 0.195. The van der Waals surface area contributed by atoms with Crippen molar-refractivity contribution in [2.24, 2.45) is 0 Å². The number of rotatable bonds is 3. The van der Waals surface area contributed by atoms with E-state index in [2.05, 4.69) is 15.2 Å². The Morgan fingerprint density at radius 3 is 2.70 bits per heavy atom. The molecule has 1 saturated heterocycles. The Bertz CT molecular complexity index is 421. The summed E-state index contributed by atoms with van der Waals surface area (Å²) < 4.78 is 0. The van der Waals surface area contributed by atoms with Crippen molar-refractivity contribution in [1.82, 2.24) is 20.1 Å². The van der Waals surface area contributed by atoms with Gasteiger partial charge < -0.3 is 10.2 Å². The highest BCUT2D eigenvalue weighted by molar-refractivity contribution is 5.74. The molecule has 0 unspecified atom stereocenters. The molecule has 0 spiro atoms. The fourth-order valence-electron chi connectivity index (χ4n) is 2.42. The van der Waals surface area contributed by atoms with Crippen molar-refractivity contribution in [3.8, 4) is 0 Å². The van der Waals surface area contributed by atoms with Gasteiger partial charge in [0.25, 0.3) is 0 Å². The average molecular weight is 276 g/mol. The summed E-state index contributed by atoms with van der Waals surface area (Å²) in [6.07, 6.45) is 4.68. The zero-order valence-corrected chi connectivity index (χ0v) is 12.4. The predicted octanol–water partition coefficient (Wildman–Crippen LogP) is 1.71. The highest BCUT2D eigenvalue weighted by Crippen LogP contribution is 2.08. The molecule has 1 aliphatic heterocycles. The Labute approximate surface area is 121 Å². The van der Waals surface area contributed by atoms with E-state index in [0.717, 1.165) is 39.1 Å². The third kappa shape index (κ3) is 4.49. The first-order valence-electron chi connectivity index (χ1n) is 7.32. The van der Waals surface area contributed by atoms with Crippen molar-refractivity contribution in [3.05, 3.63) is 30.1 Å². The Morgan fingerprint density at radius 2 is 2.00 bits per heavy atom. The average Bonchev–Trinajstić information content (AvgIpc) is 2.65. The summed E-state index contributed by atoms with van der Waals surface area (Å²) in [5, 5.41) is 2.96. The van der Waals surface area contributed by atoms with Gasteiger partial charge in [-0.3, -0.25) is 9.88 Å². The number of carbonyl (C=O) groups is 1. The number of aromatic nitrogens is 1. The lowest BCUT2D eigenvalue weighted by Gasteiger charge is -2.23. The quantitative estimate of drug-likeness (QED) is 0.914. The standard InChI is InChI=1S/C15H24N4O/c1-13(2)17-15(20)19-9-3-8-18(10-11-19)12-14-4-6-16-7-5-14/h4-7,13H,3,8-12H2,1-2H3,(H,17,20). The third-order valence-corrected chi connectivity index (χ3v) is 3.44. The van der Waals surface area contributed by atoms with Gasteiger partial charge in [-0.15, -0.1) is 0 Å². The molecule has 0 aromatic carbocycles. The molecule has 2 amide bonds. The molecule has 1 fully saturated rings. The molecule has 0 bridgehead atoms. The summed E-state index contributed by atoms with van der Waals surface area (Å²) in [7, 11) is 0. The van der Waals surface area contributed by atoms with Gasteiger partial charge in [0.1, 0.15) is 0 Å². The van der Waals surface area contributed by atoms with E-state index in [4.69, 9.17) is 0 Å². The molecule has 0 aliphatic carbocycles. The lowest BCUT2D eigenvalue weighted by atomic mass is 10.2. The summed E-state index contributed by atoms with van der Waals surface area (Å²) in [6.45, 7) is 8.51. The van der Waals surface area contributed by atoms with Gasteiger partial charge in [-0.05, 0) is 38.0 Å². The van der Waals surface area contributed by atoms with Gasteiger partial charge >= 0.3 is 6.03 Å². The maximum atomic E-state index is 12.0. The summed E-state index contributed by atoms with van der Waals surface area (Å²) >= 11 is 0. The number of pyridine rings is 1. The monoisotopic (exact) mass is 276 g/mol. The van der Waals surface area contributed by atoms with E-state index in [1.165, 1.54) is 5.56 Å². The molecular formula is C15H24N4O. The van der Waals surface area contributed by atoms with Gasteiger partial charge in [-0.1, -0.05) is 0 Å². The Morgan fingerprint density at radius 1 is 1.25 bits per heavy atom. The largest absolute Gasteiger partial charge is 0.336 e. The van der Waals surface area contributed by atoms with Crippen LogP contribution >= 0.6 is 0 Å². The van der Waals surface area contributed by atoms with Gasteiger partial charge in [0.05, 0.1) is 0 Å². The van der Waals surface area contributed by atoms with E-state index in [9.17, 15) is 4.79 Å². The molecule has 20 heavy (non-hydrogen) atoms. The van der Waals surface area contributed by atoms with Crippen LogP contribution in [0.4, 0.5) is 4.79 Å². The highest BCUT2D eigenvalue weighted by Gasteiger charge is 2.19. The predicted molar refractivity (Wildman–Crippen MR) is 79.4 cm³/mol. The molecule has 110 valence electrons. The van der Waals surface area contributed by atoms with Gasteiger partial charge in [0.15, 0.2) is 0 Å². The molecular weight excluding hydrogens is 252 g/mol. The number of nitrogens with one attached hydrogen (secondary N) is 1. The second-order valence-electron chi connectivity index (χ2n) is 5.58. The van der Waals surface area contributed by atoms with Crippen molar-refractivity contribution < 1.29 is 4.79 Å². The number of hydrogen-bond acceptors (Lipinski definition) is 3. The van der Waals surface area contributed by atoms with Crippen LogP contribution in [0.5, 0.6) is 0 Å². The van der Waals surface area contributed by atoms with Gasteiger partial charge in [0, 0.05) is 51.2 Å². The van der Waals surface area contributed by atoms with Crippen molar-refractivity contribution >= 4 is 6.03 Å². The molecule has 2 rings (SSSR count). The number of carbonyl (C=O) groups excluding carboxylic acids is 1. The molecule has 1 aliphatic rings. The molecule has 0 atom stereocenters. The summed E-state index contributed by atoms with van der Waals surface area (Å²) in [6, 6.07) is 4.35. The number of hydrogen-bond donors (Lipinski definition) is 1. The Kier molecular flexibility index (Phi) is 5.35. The summed E-state index contributed by atoms with van der Waals surface area (Å²) in [5.74, 6) is 0. The summed E-state index contributed by atoms with van der Waals surface area (Å²) in [5.41, 5.74) is 1.28. The van der Waals surface area contributed by atoms with Gasteiger partial charge in [0.2, 0.25) is 0 Å². The van der Waals surface area contributed by atoms with E-state index >= 15 is 0 Å². The zero-order chi connectivity index (χ0) is 14.4. The van der Waals surface area contributed by atoms with Crippen LogP contribution in [0, 0.1) is 0 Å². The van der Waals surface area contributed by atoms with Crippen LogP contribution in [0.15, 0.2) is 24.5 Å². The molecule has 1 N–H and O–H groups in total. The van der Waals surface area contributed by atoms with Crippen LogP contribution in [0.2, 0.25) is 0 Å². The van der Waals surface area contributed by atoms with E-state index in [-0.39, 0.29) is 12.1 Å². The molecule has 1 aromatic heterocycles. The van der Waals surface area contributed by atoms with Crippen LogP contribution in [-0.2, 0) is 6.54 Å². The fraction of sp³-hybridized carbons (Fsp3) is 0.600. The normalized spacial score (nSPS) is 17.1. The highest BCUT2D eigenvalue weighted by atomic mass is 16.2. The van der Waals surface area contributed by atoms with Gasteiger partial charge in [-0.25, -0.2) is 4.79 Å². The molecule has 2 heterocycles. The minimum Gasteiger partial charge on any atom is -0.336 e. The minimum absolute atomic E-state index is 0.0609. The summed E-state index contributed by atoms with van der Waals surface area (Å²) in [4.78, 5) is 20.4. The van der Waals surface area contributed by atoms with Crippen molar-refractivity contribution in [1.29, 1.82) is 0 Å². The van der Waals surface area contributed by atoms with Crippen molar-refractivity contribution in [3.63, 3.8) is 0 Å². The third-order valence-electron chi connectivity index (χ3n) is 3.44. The first-order chi connectivity index (χ1) is 9.65. The number of nitrogens with zero attached hydrogens (tertiary/aromatic N) is 3. The molecule has 0 saturated carbocycles. The van der Waals surface area contributed by atoms with Crippen LogP contribution in [0.25, 0.3) is 0 Å². The fourth-order valence-corrected chi connectivity index (χ4v) is 2.42. The van der Waals surface area contributed by atoms with Crippen molar-refractivity contribution in [2.45, 2.75) is 32.9 Å².